The molecule has 0 atom stereocenters. The van der Waals surface area contributed by atoms with E-state index in [1.54, 1.807) is 18.3 Å². The summed E-state index contributed by atoms with van der Waals surface area (Å²) in [5, 5.41) is 0. The summed E-state index contributed by atoms with van der Waals surface area (Å²) in [4.78, 5) is 30.6. The van der Waals surface area contributed by atoms with E-state index in [0.29, 0.717) is 17.8 Å². The maximum atomic E-state index is 13.0. The number of rotatable bonds is 5. The van der Waals surface area contributed by atoms with Gasteiger partial charge in [0, 0.05) is 30.5 Å². The number of imidazole rings is 1. The van der Waals surface area contributed by atoms with Gasteiger partial charge >= 0.3 is 0 Å². The van der Waals surface area contributed by atoms with E-state index < -0.39 is 5.91 Å². The standard InChI is InChI=1S/C20H20N4O2/c1-13-8-9-23-12-17(22-18(23)10-13)20(26)24(16-6-7-16)11-14-2-4-15(5-3-14)19(21)25/h2-5,8-10,12,16H,6-7,11H2,1H3,(H2,21,25). The van der Waals surface area contributed by atoms with Crippen molar-refractivity contribution in [1.29, 1.82) is 0 Å². The highest BCUT2D eigenvalue weighted by molar-refractivity contribution is 5.94. The average molecular weight is 348 g/mol. The van der Waals surface area contributed by atoms with Gasteiger partial charge in [-0.25, -0.2) is 4.98 Å². The zero-order chi connectivity index (χ0) is 18.3. The number of primary amides is 1. The molecule has 6 heteroatoms. The van der Waals surface area contributed by atoms with E-state index in [2.05, 4.69) is 4.98 Å². The van der Waals surface area contributed by atoms with Crippen molar-refractivity contribution >= 4 is 17.5 Å². The molecule has 4 rings (SSSR count). The van der Waals surface area contributed by atoms with Crippen LogP contribution < -0.4 is 5.73 Å². The minimum absolute atomic E-state index is 0.0622. The number of aryl methyl sites for hydroxylation is 1. The van der Waals surface area contributed by atoms with Crippen molar-refractivity contribution in [2.24, 2.45) is 5.73 Å². The molecule has 0 bridgehead atoms. The Hall–Kier alpha value is -3.15. The smallest absolute Gasteiger partial charge is 0.274 e. The van der Waals surface area contributed by atoms with Crippen LogP contribution in [0.4, 0.5) is 0 Å². The van der Waals surface area contributed by atoms with Gasteiger partial charge in [-0.05, 0) is 55.2 Å². The minimum Gasteiger partial charge on any atom is -0.366 e. The van der Waals surface area contributed by atoms with Crippen LogP contribution in [0.15, 0.2) is 48.8 Å². The van der Waals surface area contributed by atoms with Crippen LogP contribution in [0.2, 0.25) is 0 Å². The molecular formula is C20H20N4O2. The average Bonchev–Trinajstić information content (AvgIpc) is 3.38. The number of nitrogens with zero attached hydrogens (tertiary/aromatic N) is 3. The third-order valence-corrected chi connectivity index (χ3v) is 4.67. The molecule has 2 aromatic heterocycles. The summed E-state index contributed by atoms with van der Waals surface area (Å²) >= 11 is 0. The molecule has 0 saturated heterocycles. The second-order valence-electron chi connectivity index (χ2n) is 6.82. The normalized spacial score (nSPS) is 13.7. The number of benzene rings is 1. The van der Waals surface area contributed by atoms with E-state index in [-0.39, 0.29) is 11.9 Å². The van der Waals surface area contributed by atoms with Crippen molar-refractivity contribution in [3.8, 4) is 0 Å². The van der Waals surface area contributed by atoms with Crippen LogP contribution in [0.1, 0.15) is 44.8 Å². The Labute approximate surface area is 151 Å². The van der Waals surface area contributed by atoms with Gasteiger partial charge in [-0.15, -0.1) is 0 Å². The van der Waals surface area contributed by atoms with Crippen molar-refractivity contribution in [2.45, 2.75) is 32.4 Å². The number of hydrogen-bond acceptors (Lipinski definition) is 3. The molecule has 2 N–H and O–H groups in total. The second-order valence-corrected chi connectivity index (χ2v) is 6.82. The van der Waals surface area contributed by atoms with Gasteiger partial charge < -0.3 is 15.0 Å². The van der Waals surface area contributed by atoms with Crippen LogP contribution in [0.5, 0.6) is 0 Å². The predicted octanol–water partition coefficient (Wildman–Crippen LogP) is 2.55. The van der Waals surface area contributed by atoms with Gasteiger partial charge in [-0.1, -0.05) is 12.1 Å². The maximum absolute atomic E-state index is 13.0. The Balaban J connectivity index is 1.59. The fourth-order valence-corrected chi connectivity index (χ4v) is 3.06. The fraction of sp³-hybridized carbons (Fsp3) is 0.250. The molecule has 1 saturated carbocycles. The van der Waals surface area contributed by atoms with E-state index in [1.807, 2.05) is 46.7 Å². The van der Waals surface area contributed by atoms with Crippen molar-refractivity contribution in [3.63, 3.8) is 0 Å². The molecule has 0 spiro atoms. The van der Waals surface area contributed by atoms with Crippen LogP contribution in [0.25, 0.3) is 5.65 Å². The van der Waals surface area contributed by atoms with Gasteiger partial charge in [0.05, 0.1) is 0 Å². The summed E-state index contributed by atoms with van der Waals surface area (Å²) in [5.41, 5.74) is 9.05. The van der Waals surface area contributed by atoms with Crippen molar-refractivity contribution < 1.29 is 9.59 Å². The van der Waals surface area contributed by atoms with Gasteiger partial charge in [0.1, 0.15) is 11.3 Å². The SMILES string of the molecule is Cc1ccn2cc(C(=O)N(Cc3ccc(C(N)=O)cc3)C3CC3)nc2c1. The van der Waals surface area contributed by atoms with Gasteiger partial charge in [0.15, 0.2) is 0 Å². The Morgan fingerprint density at radius 1 is 1.23 bits per heavy atom. The molecular weight excluding hydrogens is 328 g/mol. The molecule has 0 unspecified atom stereocenters. The largest absolute Gasteiger partial charge is 0.366 e. The molecule has 3 aromatic rings. The lowest BCUT2D eigenvalue weighted by Crippen LogP contribution is -2.32. The molecule has 1 aliphatic carbocycles. The Bertz CT molecular complexity index is 987. The van der Waals surface area contributed by atoms with E-state index in [4.69, 9.17) is 5.73 Å². The highest BCUT2D eigenvalue weighted by atomic mass is 16.2. The zero-order valence-corrected chi connectivity index (χ0v) is 14.6. The maximum Gasteiger partial charge on any atom is 0.274 e. The first kappa shape index (κ1) is 16.3. The number of hydrogen-bond donors (Lipinski definition) is 1. The second kappa shape index (κ2) is 6.29. The van der Waals surface area contributed by atoms with E-state index >= 15 is 0 Å². The summed E-state index contributed by atoms with van der Waals surface area (Å²) < 4.78 is 1.87. The topological polar surface area (TPSA) is 80.7 Å². The van der Waals surface area contributed by atoms with Crippen LogP contribution >= 0.6 is 0 Å². The number of amides is 2. The molecule has 1 aliphatic rings. The van der Waals surface area contributed by atoms with E-state index in [9.17, 15) is 9.59 Å². The van der Waals surface area contributed by atoms with Gasteiger partial charge in [-0.2, -0.15) is 0 Å². The van der Waals surface area contributed by atoms with Crippen molar-refractivity contribution in [2.75, 3.05) is 0 Å². The number of carbonyl (C=O) groups is 2. The monoisotopic (exact) mass is 348 g/mol. The highest BCUT2D eigenvalue weighted by Gasteiger charge is 2.34. The summed E-state index contributed by atoms with van der Waals surface area (Å²) in [6.45, 7) is 2.50. The van der Waals surface area contributed by atoms with E-state index in [1.165, 1.54) is 0 Å². The Kier molecular flexibility index (Phi) is 3.95. The van der Waals surface area contributed by atoms with Crippen LogP contribution in [0.3, 0.4) is 0 Å². The van der Waals surface area contributed by atoms with Gasteiger partial charge in [-0.3, -0.25) is 9.59 Å². The Morgan fingerprint density at radius 3 is 2.62 bits per heavy atom. The number of pyridine rings is 1. The number of aromatic nitrogens is 2. The van der Waals surface area contributed by atoms with Crippen molar-refractivity contribution in [1.82, 2.24) is 14.3 Å². The lowest BCUT2D eigenvalue weighted by molar-refractivity contribution is 0.0724. The van der Waals surface area contributed by atoms with Gasteiger partial charge in [0.2, 0.25) is 5.91 Å². The minimum atomic E-state index is -0.452. The summed E-state index contributed by atoms with van der Waals surface area (Å²) in [7, 11) is 0. The Morgan fingerprint density at radius 2 is 1.96 bits per heavy atom. The molecule has 2 amide bonds. The van der Waals surface area contributed by atoms with Crippen LogP contribution in [0, 0.1) is 6.92 Å². The molecule has 132 valence electrons. The fourth-order valence-electron chi connectivity index (χ4n) is 3.06. The molecule has 26 heavy (non-hydrogen) atoms. The number of nitrogens with two attached hydrogens (primary N) is 1. The number of fused-ring (bicyclic) bond motifs is 1. The zero-order valence-electron chi connectivity index (χ0n) is 14.6. The molecule has 2 heterocycles. The molecule has 1 aromatic carbocycles. The van der Waals surface area contributed by atoms with E-state index in [0.717, 1.165) is 29.6 Å². The summed E-state index contributed by atoms with van der Waals surface area (Å²) in [5.74, 6) is -0.514. The molecule has 0 radical (unpaired) electrons. The third-order valence-electron chi connectivity index (χ3n) is 4.67. The molecule has 6 nitrogen and oxygen atoms in total. The lowest BCUT2D eigenvalue weighted by Gasteiger charge is -2.21. The highest BCUT2D eigenvalue weighted by Crippen LogP contribution is 2.30. The molecule has 0 aliphatic heterocycles. The lowest BCUT2D eigenvalue weighted by atomic mass is 10.1. The summed E-state index contributed by atoms with van der Waals surface area (Å²) in [6.07, 6.45) is 5.72. The first-order chi connectivity index (χ1) is 12.5. The number of carbonyl (C=O) groups excluding carboxylic acids is 2. The van der Waals surface area contributed by atoms with Crippen molar-refractivity contribution in [3.05, 3.63) is 71.2 Å². The van der Waals surface area contributed by atoms with Gasteiger partial charge in [0.25, 0.3) is 5.91 Å². The van der Waals surface area contributed by atoms with Crippen LogP contribution in [-0.4, -0.2) is 32.1 Å². The molecule has 1 fully saturated rings. The third kappa shape index (κ3) is 3.18. The first-order valence-electron chi connectivity index (χ1n) is 8.66. The first-order valence-corrected chi connectivity index (χ1v) is 8.66. The summed E-state index contributed by atoms with van der Waals surface area (Å²) in [6, 6.07) is 11.3. The predicted molar refractivity (Wildman–Crippen MR) is 97.8 cm³/mol. The van der Waals surface area contributed by atoms with Crippen LogP contribution in [-0.2, 0) is 6.54 Å². The quantitative estimate of drug-likeness (QED) is 0.769.